The van der Waals surface area contributed by atoms with Gasteiger partial charge in [-0.05, 0) is 29.3 Å². The van der Waals surface area contributed by atoms with E-state index >= 15 is 0 Å². The molecule has 4 nitrogen and oxygen atoms in total. The number of amides is 1. The number of nitrogens with zero attached hydrogens (tertiary/aromatic N) is 1. The fourth-order valence-electron chi connectivity index (χ4n) is 3.71. The first kappa shape index (κ1) is 18.7. The minimum atomic E-state index is -1.79. The number of carbonyl (C=O) groups excluding carboxylic acids is 1. The Bertz CT molecular complexity index is 990. The maximum Gasteiger partial charge on any atom is 0.264 e. The molecule has 2 N–H and O–H groups in total. The Hall–Kier alpha value is -2.66. The molecule has 0 bridgehead atoms. The number of benzene rings is 3. The number of fused-ring (bicyclic) bond motifs is 1. The van der Waals surface area contributed by atoms with E-state index in [1.54, 1.807) is 41.3 Å². The van der Waals surface area contributed by atoms with Crippen molar-refractivity contribution in [3.63, 3.8) is 0 Å². The first-order valence-corrected chi connectivity index (χ1v) is 9.48. The van der Waals surface area contributed by atoms with Gasteiger partial charge in [0.1, 0.15) is 0 Å². The van der Waals surface area contributed by atoms with Crippen molar-refractivity contribution in [3.8, 4) is 0 Å². The van der Waals surface area contributed by atoms with E-state index in [9.17, 15) is 15.0 Å². The first-order valence-electron chi connectivity index (χ1n) is 9.10. The molecule has 0 saturated carbocycles. The van der Waals surface area contributed by atoms with E-state index in [1.165, 1.54) is 0 Å². The molecule has 1 heterocycles. The largest absolute Gasteiger partial charge is 0.388 e. The molecule has 0 saturated heterocycles. The van der Waals surface area contributed by atoms with Crippen molar-refractivity contribution in [2.75, 3.05) is 4.90 Å². The van der Waals surface area contributed by atoms with Crippen LogP contribution < -0.4 is 4.90 Å². The summed E-state index contributed by atoms with van der Waals surface area (Å²) < 4.78 is 0. The third kappa shape index (κ3) is 3.31. The van der Waals surface area contributed by atoms with Crippen LogP contribution in [-0.2, 0) is 16.9 Å². The fourth-order valence-corrected chi connectivity index (χ4v) is 3.84. The number of hydrogen-bond donors (Lipinski definition) is 2. The van der Waals surface area contributed by atoms with E-state index in [2.05, 4.69) is 0 Å². The number of aliphatic hydroxyl groups excluding tert-OH is 1. The molecule has 1 aliphatic heterocycles. The van der Waals surface area contributed by atoms with Crippen molar-refractivity contribution in [2.45, 2.75) is 24.7 Å². The third-order valence-electron chi connectivity index (χ3n) is 5.17. The molecule has 28 heavy (non-hydrogen) atoms. The topological polar surface area (TPSA) is 60.8 Å². The average Bonchev–Trinajstić information content (AvgIpc) is 2.91. The van der Waals surface area contributed by atoms with Crippen LogP contribution in [0.15, 0.2) is 78.9 Å². The van der Waals surface area contributed by atoms with Gasteiger partial charge >= 0.3 is 0 Å². The minimum Gasteiger partial charge on any atom is -0.388 e. The molecular weight excluding hydrogens is 374 g/mol. The molecule has 1 amide bonds. The second-order valence-electron chi connectivity index (χ2n) is 7.03. The molecule has 0 spiro atoms. The van der Waals surface area contributed by atoms with Crippen LogP contribution >= 0.6 is 11.6 Å². The van der Waals surface area contributed by atoms with Gasteiger partial charge in [-0.1, -0.05) is 72.3 Å². The smallest absolute Gasteiger partial charge is 0.264 e. The van der Waals surface area contributed by atoms with Crippen molar-refractivity contribution < 1.29 is 15.0 Å². The summed E-state index contributed by atoms with van der Waals surface area (Å²) in [7, 11) is 0. The quantitative estimate of drug-likeness (QED) is 0.683. The van der Waals surface area contributed by atoms with Crippen LogP contribution in [0.25, 0.3) is 0 Å². The molecule has 2 unspecified atom stereocenters. The number of carbonyl (C=O) groups is 1. The summed E-state index contributed by atoms with van der Waals surface area (Å²) in [6, 6.07) is 23.6. The molecule has 5 heteroatoms. The average molecular weight is 394 g/mol. The zero-order valence-corrected chi connectivity index (χ0v) is 15.9. The second-order valence-corrected chi connectivity index (χ2v) is 7.46. The molecule has 1 aliphatic rings. The van der Waals surface area contributed by atoms with E-state index in [1.807, 2.05) is 42.5 Å². The summed E-state index contributed by atoms with van der Waals surface area (Å²) in [6.07, 6.45) is -1.13. The maximum absolute atomic E-state index is 13.3. The molecule has 0 radical (unpaired) electrons. The lowest BCUT2D eigenvalue weighted by molar-refractivity contribution is -0.139. The van der Waals surface area contributed by atoms with Gasteiger partial charge in [0, 0.05) is 17.0 Å². The van der Waals surface area contributed by atoms with E-state index in [0.29, 0.717) is 28.4 Å². The molecule has 0 aromatic heterocycles. The monoisotopic (exact) mass is 393 g/mol. The Balaban J connectivity index is 1.66. The van der Waals surface area contributed by atoms with Gasteiger partial charge in [0.05, 0.1) is 18.3 Å². The highest BCUT2D eigenvalue weighted by Crippen LogP contribution is 2.45. The van der Waals surface area contributed by atoms with E-state index in [-0.39, 0.29) is 6.42 Å². The Morgan fingerprint density at radius 3 is 2.29 bits per heavy atom. The van der Waals surface area contributed by atoms with Gasteiger partial charge in [-0.25, -0.2) is 0 Å². The number of rotatable bonds is 5. The van der Waals surface area contributed by atoms with E-state index in [0.717, 1.165) is 5.56 Å². The van der Waals surface area contributed by atoms with Crippen molar-refractivity contribution in [3.05, 3.63) is 101 Å². The predicted molar refractivity (Wildman–Crippen MR) is 109 cm³/mol. The molecule has 2 atom stereocenters. The highest BCUT2D eigenvalue weighted by atomic mass is 35.5. The highest BCUT2D eigenvalue weighted by molar-refractivity contribution is 6.30. The van der Waals surface area contributed by atoms with Crippen LogP contribution in [-0.4, -0.2) is 16.1 Å². The molecule has 4 rings (SSSR count). The SMILES string of the molecule is O=C1N(Cc2ccccc2)c2ccccc2C1(O)CC(O)c1ccc(Cl)cc1. The van der Waals surface area contributed by atoms with Gasteiger partial charge in [-0.3, -0.25) is 4.79 Å². The number of hydrogen-bond acceptors (Lipinski definition) is 3. The normalized spacial score (nSPS) is 19.5. The van der Waals surface area contributed by atoms with Crippen LogP contribution in [0.4, 0.5) is 5.69 Å². The molecule has 3 aromatic rings. The number of halogens is 1. The van der Waals surface area contributed by atoms with Crippen LogP contribution in [0.3, 0.4) is 0 Å². The molecule has 142 valence electrons. The lowest BCUT2D eigenvalue weighted by Gasteiger charge is -2.26. The van der Waals surface area contributed by atoms with Crippen LogP contribution in [0.2, 0.25) is 5.02 Å². The van der Waals surface area contributed by atoms with Crippen LogP contribution in [0.1, 0.15) is 29.2 Å². The van der Waals surface area contributed by atoms with E-state index < -0.39 is 17.6 Å². The van der Waals surface area contributed by atoms with Gasteiger partial charge in [0.15, 0.2) is 5.60 Å². The zero-order chi connectivity index (χ0) is 19.7. The standard InChI is InChI=1S/C23H20ClNO3/c24-18-12-10-17(11-13-18)21(26)14-23(28)19-8-4-5-9-20(19)25(22(23)27)15-16-6-2-1-3-7-16/h1-13,21,26,28H,14-15H2. The fraction of sp³-hybridized carbons (Fsp3) is 0.174. The van der Waals surface area contributed by atoms with Gasteiger partial charge in [0.2, 0.25) is 0 Å². The summed E-state index contributed by atoms with van der Waals surface area (Å²) in [5.41, 5.74) is 0.966. The van der Waals surface area contributed by atoms with Crippen molar-refractivity contribution in [1.82, 2.24) is 0 Å². The van der Waals surface area contributed by atoms with Crippen LogP contribution in [0.5, 0.6) is 0 Å². The van der Waals surface area contributed by atoms with Crippen molar-refractivity contribution in [2.24, 2.45) is 0 Å². The van der Waals surface area contributed by atoms with Gasteiger partial charge < -0.3 is 15.1 Å². The number of aliphatic hydroxyl groups is 2. The summed E-state index contributed by atoms with van der Waals surface area (Å²) in [5.74, 6) is -0.425. The van der Waals surface area contributed by atoms with Crippen molar-refractivity contribution in [1.29, 1.82) is 0 Å². The predicted octanol–water partition coefficient (Wildman–Crippen LogP) is 4.20. The minimum absolute atomic E-state index is 0.129. The Morgan fingerprint density at radius 1 is 0.929 bits per heavy atom. The lowest BCUT2D eigenvalue weighted by atomic mass is 9.87. The van der Waals surface area contributed by atoms with Gasteiger partial charge in [-0.15, -0.1) is 0 Å². The van der Waals surface area contributed by atoms with Crippen LogP contribution in [0, 0.1) is 0 Å². The molecular formula is C23H20ClNO3. The van der Waals surface area contributed by atoms with Crippen molar-refractivity contribution >= 4 is 23.2 Å². The first-order chi connectivity index (χ1) is 13.5. The summed E-state index contributed by atoms with van der Waals surface area (Å²) in [6.45, 7) is 0.357. The molecule has 0 fully saturated rings. The summed E-state index contributed by atoms with van der Waals surface area (Å²) in [4.78, 5) is 14.8. The second kappa shape index (κ2) is 7.40. The van der Waals surface area contributed by atoms with Gasteiger partial charge in [-0.2, -0.15) is 0 Å². The maximum atomic E-state index is 13.3. The highest BCUT2D eigenvalue weighted by Gasteiger charge is 2.50. The van der Waals surface area contributed by atoms with E-state index in [4.69, 9.17) is 11.6 Å². The third-order valence-corrected chi connectivity index (χ3v) is 5.42. The zero-order valence-electron chi connectivity index (χ0n) is 15.1. The lowest BCUT2D eigenvalue weighted by Crippen LogP contribution is -2.41. The number of para-hydroxylation sites is 1. The van der Waals surface area contributed by atoms with Gasteiger partial charge in [0.25, 0.3) is 5.91 Å². The summed E-state index contributed by atoms with van der Waals surface area (Å²) >= 11 is 5.91. The Labute approximate surface area is 168 Å². The summed E-state index contributed by atoms with van der Waals surface area (Å²) in [5, 5.41) is 22.6. The molecule has 0 aliphatic carbocycles. The number of anilines is 1. The Morgan fingerprint density at radius 2 is 1.57 bits per heavy atom. The Kier molecular flexibility index (Phi) is 4.94. The molecule has 3 aromatic carbocycles.